The number of hydrogen-bond acceptors (Lipinski definition) is 2. The zero-order chi connectivity index (χ0) is 11.5. The van der Waals surface area contributed by atoms with Crippen LogP contribution in [-0.2, 0) is 0 Å². The van der Waals surface area contributed by atoms with E-state index in [2.05, 4.69) is 0 Å². The maximum Gasteiger partial charge on any atom is 0.189 e. The van der Waals surface area contributed by atoms with Crippen LogP contribution in [0.25, 0.3) is 11.1 Å². The molecule has 1 heterocycles. The molecule has 1 aromatic carbocycles. The molecule has 1 aromatic heterocycles. The molecule has 0 atom stereocenters. The summed E-state index contributed by atoms with van der Waals surface area (Å²) in [5.74, 6) is 0.788. The number of aromatic nitrogens is 1. The Bertz CT molecular complexity index is 509. The number of pyridine rings is 1. The number of ether oxygens (including phenoxy) is 1. The summed E-state index contributed by atoms with van der Waals surface area (Å²) in [6, 6.07) is 11.4. The molecule has 0 bridgehead atoms. The summed E-state index contributed by atoms with van der Waals surface area (Å²) < 4.78 is 6.02. The van der Waals surface area contributed by atoms with Crippen LogP contribution in [0.2, 0.25) is 0 Å². The molecule has 2 aromatic rings. The molecule has 0 fully saturated rings. The van der Waals surface area contributed by atoms with Crippen LogP contribution in [-0.4, -0.2) is 7.11 Å². The average molecular weight is 215 g/mol. The Kier molecular flexibility index (Phi) is 2.77. The Hall–Kier alpha value is -2.03. The minimum atomic E-state index is 0.687. The third-order valence-electron chi connectivity index (χ3n) is 2.51. The van der Waals surface area contributed by atoms with Gasteiger partial charge in [-0.05, 0) is 23.8 Å². The molecule has 0 saturated heterocycles. The fourth-order valence-electron chi connectivity index (χ4n) is 1.53. The van der Waals surface area contributed by atoms with E-state index in [0.29, 0.717) is 5.69 Å². The lowest BCUT2D eigenvalue weighted by Gasteiger charge is -2.05. The van der Waals surface area contributed by atoms with Gasteiger partial charge in [0.05, 0.1) is 7.11 Å². The molecule has 2 rings (SSSR count). The highest BCUT2D eigenvalue weighted by molar-refractivity contribution is 5.63. The van der Waals surface area contributed by atoms with Crippen molar-refractivity contribution >= 4 is 0 Å². The second kappa shape index (κ2) is 4.23. The van der Waals surface area contributed by atoms with Gasteiger partial charge in [0, 0.05) is 18.6 Å². The number of methoxy groups -OCH3 is 1. The van der Waals surface area contributed by atoms with Gasteiger partial charge in [-0.1, -0.05) is 12.1 Å². The number of benzene rings is 1. The second-order valence-corrected chi connectivity index (χ2v) is 3.62. The zero-order valence-corrected chi connectivity index (χ0v) is 9.31. The molecule has 0 aliphatic carbocycles. The smallest absolute Gasteiger partial charge is 0.189 e. The molecule has 0 spiro atoms. The van der Waals surface area contributed by atoms with Gasteiger partial charge in [-0.3, -0.25) is 0 Å². The number of hydrogen-bond donors (Lipinski definition) is 0. The highest BCUT2D eigenvalue weighted by Gasteiger charge is 2.04. The first kappa shape index (κ1) is 10.5. The van der Waals surface area contributed by atoms with Gasteiger partial charge in [0.25, 0.3) is 0 Å². The van der Waals surface area contributed by atoms with Crippen LogP contribution >= 0.6 is 0 Å². The molecule has 0 saturated carbocycles. The van der Waals surface area contributed by atoms with Gasteiger partial charge in [0.15, 0.2) is 11.9 Å². The monoisotopic (exact) mass is 215 g/mol. The lowest BCUT2D eigenvalue weighted by molar-refractivity contribution is -0.611. The van der Waals surface area contributed by atoms with Gasteiger partial charge < -0.3 is 9.94 Å². The van der Waals surface area contributed by atoms with Gasteiger partial charge in [0.1, 0.15) is 5.75 Å². The number of rotatable bonds is 2. The highest BCUT2D eigenvalue weighted by atomic mass is 16.5. The first-order chi connectivity index (χ1) is 7.70. The number of aryl methyl sites for hydroxylation is 1. The highest BCUT2D eigenvalue weighted by Crippen LogP contribution is 2.22. The van der Waals surface area contributed by atoms with E-state index in [9.17, 15) is 5.21 Å². The van der Waals surface area contributed by atoms with Crippen LogP contribution in [0.5, 0.6) is 5.75 Å². The summed E-state index contributed by atoms with van der Waals surface area (Å²) in [4.78, 5) is 0. The van der Waals surface area contributed by atoms with E-state index in [-0.39, 0.29) is 0 Å². The average Bonchev–Trinajstić information content (AvgIpc) is 2.33. The van der Waals surface area contributed by atoms with Crippen LogP contribution in [0, 0.1) is 12.1 Å². The normalized spacial score (nSPS) is 10.1. The van der Waals surface area contributed by atoms with Gasteiger partial charge >= 0.3 is 0 Å². The van der Waals surface area contributed by atoms with Crippen molar-refractivity contribution < 1.29 is 9.47 Å². The van der Waals surface area contributed by atoms with Crippen LogP contribution in [0.4, 0.5) is 0 Å². The van der Waals surface area contributed by atoms with Crippen molar-refractivity contribution in [3.63, 3.8) is 0 Å². The van der Waals surface area contributed by atoms with Crippen LogP contribution < -0.4 is 9.47 Å². The molecule has 82 valence electrons. The molecule has 0 unspecified atom stereocenters. The van der Waals surface area contributed by atoms with Crippen molar-refractivity contribution in [2.45, 2.75) is 6.92 Å². The molecule has 16 heavy (non-hydrogen) atoms. The third kappa shape index (κ3) is 1.98. The molecule has 3 nitrogen and oxygen atoms in total. The van der Waals surface area contributed by atoms with Crippen LogP contribution in [0.1, 0.15) is 5.69 Å². The Morgan fingerprint density at radius 1 is 1.12 bits per heavy atom. The maximum absolute atomic E-state index is 11.5. The predicted molar refractivity (Wildman–Crippen MR) is 62.1 cm³/mol. The lowest BCUT2D eigenvalue weighted by Crippen LogP contribution is -2.29. The summed E-state index contributed by atoms with van der Waals surface area (Å²) in [5, 5.41) is 11.5. The van der Waals surface area contributed by atoms with E-state index >= 15 is 0 Å². The SMILES string of the molecule is COc1cccc(-c2ccc(C)[n+]([O-])c2)c1. The summed E-state index contributed by atoms with van der Waals surface area (Å²) in [6.07, 6.45) is 1.57. The molecule has 0 amide bonds. The van der Waals surface area contributed by atoms with E-state index in [4.69, 9.17) is 4.74 Å². The molecular weight excluding hydrogens is 202 g/mol. The summed E-state index contributed by atoms with van der Waals surface area (Å²) >= 11 is 0. The minimum Gasteiger partial charge on any atom is -0.618 e. The van der Waals surface area contributed by atoms with E-state index in [1.165, 1.54) is 0 Å². The Morgan fingerprint density at radius 2 is 1.94 bits per heavy atom. The summed E-state index contributed by atoms with van der Waals surface area (Å²) in [7, 11) is 1.63. The standard InChI is InChI=1S/C13H13NO2/c1-10-6-7-12(9-14(10)15)11-4-3-5-13(8-11)16-2/h3-9H,1-2H3. The van der Waals surface area contributed by atoms with E-state index in [1.807, 2.05) is 36.4 Å². The number of nitrogens with zero attached hydrogens (tertiary/aromatic N) is 1. The lowest BCUT2D eigenvalue weighted by atomic mass is 10.1. The van der Waals surface area contributed by atoms with E-state index < -0.39 is 0 Å². The Morgan fingerprint density at radius 3 is 2.62 bits per heavy atom. The Labute approximate surface area is 94.5 Å². The largest absolute Gasteiger partial charge is 0.618 e. The topological polar surface area (TPSA) is 36.2 Å². The van der Waals surface area contributed by atoms with Gasteiger partial charge in [0.2, 0.25) is 0 Å². The van der Waals surface area contributed by atoms with Crippen molar-refractivity contribution in [3.05, 3.63) is 53.5 Å². The predicted octanol–water partition coefficient (Wildman–Crippen LogP) is 2.30. The quantitative estimate of drug-likeness (QED) is 0.569. The van der Waals surface area contributed by atoms with E-state index in [0.717, 1.165) is 21.6 Å². The second-order valence-electron chi connectivity index (χ2n) is 3.62. The molecule has 0 radical (unpaired) electrons. The molecule has 0 aliphatic heterocycles. The van der Waals surface area contributed by atoms with Crippen molar-refractivity contribution in [1.29, 1.82) is 0 Å². The zero-order valence-electron chi connectivity index (χ0n) is 9.31. The van der Waals surface area contributed by atoms with E-state index in [1.54, 1.807) is 20.2 Å². The van der Waals surface area contributed by atoms with Crippen LogP contribution in [0.15, 0.2) is 42.6 Å². The fraction of sp³-hybridized carbons (Fsp3) is 0.154. The minimum absolute atomic E-state index is 0.687. The summed E-state index contributed by atoms with van der Waals surface area (Å²) in [5.41, 5.74) is 2.55. The Balaban J connectivity index is 2.46. The van der Waals surface area contributed by atoms with Crippen molar-refractivity contribution in [2.24, 2.45) is 0 Å². The maximum atomic E-state index is 11.5. The van der Waals surface area contributed by atoms with Gasteiger partial charge in [-0.2, -0.15) is 4.73 Å². The van der Waals surface area contributed by atoms with Gasteiger partial charge in [-0.25, -0.2) is 0 Å². The van der Waals surface area contributed by atoms with Crippen LogP contribution in [0.3, 0.4) is 0 Å². The first-order valence-electron chi connectivity index (χ1n) is 5.05. The molecule has 0 N–H and O–H groups in total. The van der Waals surface area contributed by atoms with Crippen molar-refractivity contribution in [1.82, 2.24) is 0 Å². The fourth-order valence-corrected chi connectivity index (χ4v) is 1.53. The molecular formula is C13H13NO2. The van der Waals surface area contributed by atoms with Crippen molar-refractivity contribution in [2.75, 3.05) is 7.11 Å². The molecule has 0 aliphatic rings. The van der Waals surface area contributed by atoms with Gasteiger partial charge in [-0.15, -0.1) is 0 Å². The first-order valence-corrected chi connectivity index (χ1v) is 5.05. The third-order valence-corrected chi connectivity index (χ3v) is 2.51. The van der Waals surface area contributed by atoms with Crippen molar-refractivity contribution in [3.8, 4) is 16.9 Å². The summed E-state index contributed by atoms with van der Waals surface area (Å²) in [6.45, 7) is 1.78. The molecule has 3 heteroatoms.